The number of nitrogens with zero attached hydrogens (tertiary/aromatic N) is 2. The standard InChI is InChI=1S/C25H30N4O3S/c1-18(2)20-8-6-19(7-9-20)12-15-29(16-13-22-5-3-4-14-28-22)33(31,32)24-17-21(25(26)27)10-11-23(24)30/h3-11,14,17-18,30H,12-13,15-16H2,1-2H3,(H3,26,27). The van der Waals surface area contributed by atoms with Crippen LogP contribution in [0.4, 0.5) is 0 Å². The summed E-state index contributed by atoms with van der Waals surface area (Å²) in [5, 5.41) is 18.0. The molecule has 3 rings (SSSR count). The molecule has 0 atom stereocenters. The maximum absolute atomic E-state index is 13.5. The van der Waals surface area contributed by atoms with Gasteiger partial charge in [0.1, 0.15) is 16.5 Å². The number of rotatable bonds is 10. The SMILES string of the molecule is CC(C)c1ccc(CCN(CCc2ccccn2)S(=O)(=O)c2cc(C(=N)N)ccc2O)cc1. The number of nitrogens with one attached hydrogen (secondary N) is 1. The number of amidine groups is 1. The first-order valence-corrected chi connectivity index (χ1v) is 12.3. The van der Waals surface area contributed by atoms with Crippen LogP contribution in [0.15, 0.2) is 71.8 Å². The lowest BCUT2D eigenvalue weighted by Crippen LogP contribution is -2.35. The predicted octanol–water partition coefficient (Wildman–Crippen LogP) is 3.67. The molecule has 0 spiro atoms. The van der Waals surface area contributed by atoms with Gasteiger partial charge in [0.05, 0.1) is 0 Å². The highest BCUT2D eigenvalue weighted by Crippen LogP contribution is 2.27. The van der Waals surface area contributed by atoms with Gasteiger partial charge in [-0.05, 0) is 53.8 Å². The van der Waals surface area contributed by atoms with Crippen molar-refractivity contribution in [1.29, 1.82) is 5.41 Å². The molecule has 0 aliphatic heterocycles. The quantitative estimate of drug-likeness (QED) is 0.311. The Morgan fingerprint density at radius 1 is 1.06 bits per heavy atom. The van der Waals surface area contributed by atoms with Gasteiger partial charge in [0.2, 0.25) is 10.0 Å². The average Bonchev–Trinajstić information content (AvgIpc) is 2.79. The third kappa shape index (κ3) is 6.18. The molecular weight excluding hydrogens is 436 g/mol. The largest absolute Gasteiger partial charge is 0.507 e. The number of nitrogens with two attached hydrogens (primary N) is 1. The van der Waals surface area contributed by atoms with Crippen LogP contribution in [-0.2, 0) is 22.9 Å². The molecule has 0 aliphatic rings. The van der Waals surface area contributed by atoms with E-state index in [1.54, 1.807) is 6.20 Å². The highest BCUT2D eigenvalue weighted by Gasteiger charge is 2.28. The number of pyridine rings is 1. The molecular formula is C25H30N4O3S. The summed E-state index contributed by atoms with van der Waals surface area (Å²) < 4.78 is 28.5. The summed E-state index contributed by atoms with van der Waals surface area (Å²) in [5.41, 5.74) is 8.81. The van der Waals surface area contributed by atoms with Crippen molar-refractivity contribution in [2.45, 2.75) is 37.5 Å². The van der Waals surface area contributed by atoms with Gasteiger partial charge in [-0.2, -0.15) is 4.31 Å². The molecule has 0 saturated carbocycles. The Hall–Kier alpha value is -3.23. The fraction of sp³-hybridized carbons (Fsp3) is 0.280. The zero-order valence-electron chi connectivity index (χ0n) is 18.9. The van der Waals surface area contributed by atoms with Crippen LogP contribution >= 0.6 is 0 Å². The molecule has 8 heteroatoms. The van der Waals surface area contributed by atoms with Crippen LogP contribution in [0.3, 0.4) is 0 Å². The van der Waals surface area contributed by atoms with Gasteiger partial charge in [0.15, 0.2) is 0 Å². The van der Waals surface area contributed by atoms with Gasteiger partial charge in [-0.25, -0.2) is 8.42 Å². The van der Waals surface area contributed by atoms with Crippen molar-refractivity contribution >= 4 is 15.9 Å². The molecule has 0 bridgehead atoms. The van der Waals surface area contributed by atoms with E-state index in [4.69, 9.17) is 11.1 Å². The van der Waals surface area contributed by atoms with Crippen molar-refractivity contribution in [1.82, 2.24) is 9.29 Å². The minimum absolute atomic E-state index is 0.202. The second-order valence-corrected chi connectivity index (χ2v) is 10.1. The first kappa shape index (κ1) is 24.4. The van der Waals surface area contributed by atoms with Crippen molar-refractivity contribution in [3.63, 3.8) is 0 Å². The average molecular weight is 467 g/mol. The summed E-state index contributed by atoms with van der Waals surface area (Å²) in [7, 11) is -4.05. The second-order valence-electron chi connectivity index (χ2n) is 8.22. The summed E-state index contributed by atoms with van der Waals surface area (Å²) in [6.45, 7) is 4.69. The van der Waals surface area contributed by atoms with Gasteiger partial charge in [-0.15, -0.1) is 0 Å². The number of sulfonamides is 1. The molecule has 1 heterocycles. The molecule has 3 aromatic rings. The van der Waals surface area contributed by atoms with E-state index in [-0.39, 0.29) is 35.1 Å². The molecule has 2 aromatic carbocycles. The monoisotopic (exact) mass is 466 g/mol. The summed E-state index contributed by atoms with van der Waals surface area (Å²) >= 11 is 0. The molecule has 0 amide bonds. The van der Waals surface area contributed by atoms with Crippen LogP contribution < -0.4 is 5.73 Å². The summed E-state index contributed by atoms with van der Waals surface area (Å²) in [4.78, 5) is 4.03. The third-order valence-corrected chi connectivity index (χ3v) is 7.46. The van der Waals surface area contributed by atoms with Crippen molar-refractivity contribution < 1.29 is 13.5 Å². The van der Waals surface area contributed by atoms with Gasteiger partial charge in [0, 0.05) is 37.0 Å². The first-order valence-electron chi connectivity index (χ1n) is 10.8. The Labute approximate surface area is 195 Å². The smallest absolute Gasteiger partial charge is 0.246 e. The summed E-state index contributed by atoms with van der Waals surface area (Å²) in [5.74, 6) is -0.216. The lowest BCUT2D eigenvalue weighted by atomic mass is 10.0. The maximum Gasteiger partial charge on any atom is 0.246 e. The van der Waals surface area contributed by atoms with E-state index in [2.05, 4.69) is 31.0 Å². The van der Waals surface area contributed by atoms with Crippen LogP contribution in [-0.4, -0.2) is 41.7 Å². The van der Waals surface area contributed by atoms with Crippen molar-refractivity contribution in [2.75, 3.05) is 13.1 Å². The van der Waals surface area contributed by atoms with Gasteiger partial charge in [-0.3, -0.25) is 10.4 Å². The molecule has 1 aromatic heterocycles. The van der Waals surface area contributed by atoms with Gasteiger partial charge >= 0.3 is 0 Å². The molecule has 7 nitrogen and oxygen atoms in total. The maximum atomic E-state index is 13.5. The van der Waals surface area contributed by atoms with Crippen molar-refractivity contribution in [2.24, 2.45) is 5.73 Å². The molecule has 174 valence electrons. The number of phenols is 1. The van der Waals surface area contributed by atoms with Crippen molar-refractivity contribution in [3.05, 3.63) is 89.2 Å². The van der Waals surface area contributed by atoms with E-state index < -0.39 is 10.0 Å². The van der Waals surface area contributed by atoms with Crippen LogP contribution in [0.1, 0.15) is 42.1 Å². The summed E-state index contributed by atoms with van der Waals surface area (Å²) in [6.07, 6.45) is 2.62. The minimum Gasteiger partial charge on any atom is -0.507 e. The van der Waals surface area contributed by atoms with E-state index in [0.717, 1.165) is 11.3 Å². The van der Waals surface area contributed by atoms with E-state index >= 15 is 0 Å². The van der Waals surface area contributed by atoms with E-state index in [0.29, 0.717) is 18.8 Å². The van der Waals surface area contributed by atoms with Crippen LogP contribution in [0.25, 0.3) is 0 Å². The fourth-order valence-corrected chi connectivity index (χ4v) is 5.04. The molecule has 0 fully saturated rings. The van der Waals surface area contributed by atoms with Crippen LogP contribution in [0.2, 0.25) is 0 Å². The number of hydrogen-bond donors (Lipinski definition) is 3. The first-order chi connectivity index (χ1) is 15.7. The number of nitrogen functional groups attached to an aromatic ring is 1. The molecule has 0 aliphatic carbocycles. The van der Waals surface area contributed by atoms with E-state index in [1.807, 2.05) is 30.3 Å². The van der Waals surface area contributed by atoms with E-state index in [9.17, 15) is 13.5 Å². The van der Waals surface area contributed by atoms with Gasteiger partial charge in [-0.1, -0.05) is 44.2 Å². The lowest BCUT2D eigenvalue weighted by molar-refractivity contribution is 0.408. The molecule has 0 radical (unpaired) electrons. The molecule has 4 N–H and O–H groups in total. The highest BCUT2D eigenvalue weighted by atomic mass is 32.2. The number of aromatic hydroxyl groups is 1. The fourth-order valence-electron chi connectivity index (χ4n) is 3.49. The Morgan fingerprint density at radius 2 is 1.76 bits per heavy atom. The second kappa shape index (κ2) is 10.6. The topological polar surface area (TPSA) is 120 Å². The molecule has 0 saturated heterocycles. The van der Waals surface area contributed by atoms with E-state index in [1.165, 1.54) is 28.1 Å². The summed E-state index contributed by atoms with van der Waals surface area (Å²) in [6, 6.07) is 17.6. The zero-order chi connectivity index (χ0) is 24.0. The van der Waals surface area contributed by atoms with Gasteiger partial charge in [0.25, 0.3) is 0 Å². The lowest BCUT2D eigenvalue weighted by Gasteiger charge is -2.23. The highest BCUT2D eigenvalue weighted by molar-refractivity contribution is 7.89. The predicted molar refractivity (Wildman–Crippen MR) is 130 cm³/mol. The Balaban J connectivity index is 1.88. The number of phenolic OH excluding ortho intramolecular Hbond substituents is 1. The third-order valence-electron chi connectivity index (χ3n) is 5.53. The Kier molecular flexibility index (Phi) is 7.84. The van der Waals surface area contributed by atoms with Gasteiger partial charge < -0.3 is 10.8 Å². The normalized spacial score (nSPS) is 11.8. The van der Waals surface area contributed by atoms with Crippen LogP contribution in [0, 0.1) is 5.41 Å². The number of aromatic nitrogens is 1. The minimum atomic E-state index is -4.05. The Morgan fingerprint density at radius 3 is 2.36 bits per heavy atom. The zero-order valence-corrected chi connectivity index (χ0v) is 19.7. The Bertz CT molecular complexity index is 1190. The number of hydrogen-bond acceptors (Lipinski definition) is 5. The molecule has 0 unspecified atom stereocenters. The molecule has 33 heavy (non-hydrogen) atoms. The van der Waals surface area contributed by atoms with Crippen LogP contribution in [0.5, 0.6) is 5.75 Å². The van der Waals surface area contributed by atoms with Crippen molar-refractivity contribution in [3.8, 4) is 5.75 Å². The number of benzene rings is 2.